The second-order valence-electron chi connectivity index (χ2n) is 8.55. The summed E-state index contributed by atoms with van der Waals surface area (Å²) in [6.07, 6.45) is 12.7. The Morgan fingerprint density at radius 1 is 1.37 bits per heavy atom. The van der Waals surface area contributed by atoms with Crippen LogP contribution in [-0.2, 0) is 9.59 Å². The molecule has 2 amide bonds. The standard InChI is InChI=1S/C24H30BrNO4/c1-4-7-19-20(16(2)3)22(29)26(21(19)28)24(14-23(30,15-24)12-13-27)17-8-5-6-9-18(25)11-10-17/h4,6-7,9-10,18,27,30H,2,5,8,11-15H2,1,3H3. The summed E-state index contributed by atoms with van der Waals surface area (Å²) in [4.78, 5) is 28.5. The van der Waals surface area contributed by atoms with Gasteiger partial charge < -0.3 is 10.2 Å². The zero-order valence-electron chi connectivity index (χ0n) is 17.7. The second kappa shape index (κ2) is 8.77. The maximum absolute atomic E-state index is 13.5. The number of nitrogens with zero attached hydrogens (tertiary/aromatic N) is 1. The lowest BCUT2D eigenvalue weighted by Crippen LogP contribution is -2.68. The lowest BCUT2D eigenvalue weighted by Gasteiger charge is -2.58. The summed E-state index contributed by atoms with van der Waals surface area (Å²) >= 11 is 3.63. The Labute approximate surface area is 186 Å². The zero-order chi connectivity index (χ0) is 22.1. The minimum atomic E-state index is -1.09. The van der Waals surface area contributed by atoms with E-state index in [2.05, 4.69) is 40.7 Å². The number of carbonyl (C=O) groups is 2. The van der Waals surface area contributed by atoms with Gasteiger partial charge in [0.05, 0.1) is 22.3 Å². The van der Waals surface area contributed by atoms with E-state index in [-0.39, 0.29) is 42.5 Å². The molecule has 0 aromatic rings. The topological polar surface area (TPSA) is 77.8 Å². The van der Waals surface area contributed by atoms with Gasteiger partial charge in [0.2, 0.25) is 0 Å². The lowest BCUT2D eigenvalue weighted by molar-refractivity contribution is -0.167. The Hall–Kier alpha value is -1.76. The van der Waals surface area contributed by atoms with Crippen molar-refractivity contribution in [3.05, 3.63) is 59.3 Å². The summed E-state index contributed by atoms with van der Waals surface area (Å²) in [7, 11) is 0. The van der Waals surface area contributed by atoms with Crippen LogP contribution in [0.5, 0.6) is 0 Å². The van der Waals surface area contributed by atoms with E-state index >= 15 is 0 Å². The van der Waals surface area contributed by atoms with Crippen LogP contribution in [0.2, 0.25) is 0 Å². The summed E-state index contributed by atoms with van der Waals surface area (Å²) < 4.78 is 0. The van der Waals surface area contributed by atoms with E-state index in [1.807, 2.05) is 6.92 Å². The van der Waals surface area contributed by atoms with E-state index < -0.39 is 11.1 Å². The SMILES string of the molecule is C=C(C)C1=C(C=CC)C(=O)N(C2(C3=CCC(Br)C=CCC3)CC(O)(CCO)C2)C1=O. The molecule has 0 spiro atoms. The van der Waals surface area contributed by atoms with Crippen molar-refractivity contribution in [2.24, 2.45) is 0 Å². The molecule has 1 aliphatic heterocycles. The number of hydrogen-bond acceptors (Lipinski definition) is 4. The van der Waals surface area contributed by atoms with Crippen molar-refractivity contribution in [1.82, 2.24) is 4.90 Å². The number of amides is 2. The first-order valence-corrected chi connectivity index (χ1v) is 11.4. The first-order chi connectivity index (χ1) is 14.2. The smallest absolute Gasteiger partial charge is 0.262 e. The minimum absolute atomic E-state index is 0.140. The van der Waals surface area contributed by atoms with Crippen LogP contribution in [0.3, 0.4) is 0 Å². The molecule has 6 heteroatoms. The van der Waals surface area contributed by atoms with Crippen LogP contribution in [0.25, 0.3) is 0 Å². The molecule has 2 N–H and O–H groups in total. The number of hydrogen-bond donors (Lipinski definition) is 2. The molecule has 3 aliphatic rings. The number of rotatable bonds is 6. The van der Waals surface area contributed by atoms with E-state index in [0.29, 0.717) is 23.1 Å². The van der Waals surface area contributed by atoms with E-state index in [1.165, 1.54) is 4.90 Å². The number of imide groups is 1. The Balaban J connectivity index is 2.07. The van der Waals surface area contributed by atoms with Crippen LogP contribution >= 0.6 is 15.9 Å². The molecule has 1 fully saturated rings. The van der Waals surface area contributed by atoms with Gasteiger partial charge in [0.1, 0.15) is 0 Å². The van der Waals surface area contributed by atoms with Gasteiger partial charge in [-0.25, -0.2) is 0 Å². The molecule has 0 aromatic carbocycles. The third-order valence-electron chi connectivity index (χ3n) is 6.24. The first-order valence-electron chi connectivity index (χ1n) is 10.4. The normalized spacial score (nSPS) is 32.4. The van der Waals surface area contributed by atoms with Gasteiger partial charge in [-0.2, -0.15) is 0 Å². The van der Waals surface area contributed by atoms with Gasteiger partial charge in [0.15, 0.2) is 0 Å². The molecule has 0 bridgehead atoms. The van der Waals surface area contributed by atoms with Crippen LogP contribution in [0, 0.1) is 0 Å². The molecule has 0 aromatic heterocycles. The monoisotopic (exact) mass is 475 g/mol. The molecule has 3 rings (SSSR count). The van der Waals surface area contributed by atoms with Crippen LogP contribution < -0.4 is 0 Å². The van der Waals surface area contributed by atoms with E-state index in [9.17, 15) is 19.8 Å². The molecule has 0 saturated heterocycles. The van der Waals surface area contributed by atoms with Crippen molar-refractivity contribution < 1.29 is 19.8 Å². The third kappa shape index (κ3) is 3.93. The quantitative estimate of drug-likeness (QED) is 0.347. The third-order valence-corrected chi connectivity index (χ3v) is 6.92. The Bertz CT molecular complexity index is 874. The Morgan fingerprint density at radius 3 is 2.67 bits per heavy atom. The van der Waals surface area contributed by atoms with Crippen molar-refractivity contribution in [3.63, 3.8) is 0 Å². The fourth-order valence-corrected chi connectivity index (χ4v) is 5.36. The van der Waals surface area contributed by atoms with Gasteiger partial charge in [0, 0.05) is 24.3 Å². The number of aliphatic hydroxyl groups is 2. The average molecular weight is 476 g/mol. The van der Waals surface area contributed by atoms with Crippen molar-refractivity contribution in [2.75, 3.05) is 6.61 Å². The zero-order valence-corrected chi connectivity index (χ0v) is 19.2. The maximum atomic E-state index is 13.5. The highest BCUT2D eigenvalue weighted by Crippen LogP contribution is 2.55. The molecular formula is C24H30BrNO4. The molecule has 2 aliphatic carbocycles. The molecule has 1 atom stereocenters. The summed E-state index contributed by atoms with van der Waals surface area (Å²) in [6.45, 7) is 7.32. The second-order valence-corrected chi connectivity index (χ2v) is 9.72. The number of carbonyl (C=O) groups excluding carboxylic acids is 2. The predicted molar refractivity (Wildman–Crippen MR) is 121 cm³/mol. The van der Waals surface area contributed by atoms with Crippen molar-refractivity contribution in [1.29, 1.82) is 0 Å². The number of halogens is 1. The molecule has 5 nitrogen and oxygen atoms in total. The van der Waals surface area contributed by atoms with Gasteiger partial charge in [-0.3, -0.25) is 14.5 Å². The van der Waals surface area contributed by atoms with E-state index in [1.54, 1.807) is 19.1 Å². The van der Waals surface area contributed by atoms with Gasteiger partial charge in [-0.15, -0.1) is 0 Å². The van der Waals surface area contributed by atoms with Crippen molar-refractivity contribution >= 4 is 27.7 Å². The molecular weight excluding hydrogens is 446 g/mol. The maximum Gasteiger partial charge on any atom is 0.262 e. The molecule has 1 saturated carbocycles. The van der Waals surface area contributed by atoms with Gasteiger partial charge in [-0.05, 0) is 50.7 Å². The highest BCUT2D eigenvalue weighted by Gasteiger charge is 2.62. The fraction of sp³-hybridized carbons (Fsp3) is 0.500. The van der Waals surface area contributed by atoms with Crippen LogP contribution in [-0.4, -0.2) is 49.5 Å². The fourth-order valence-electron chi connectivity index (χ4n) is 4.96. The largest absolute Gasteiger partial charge is 0.396 e. The van der Waals surface area contributed by atoms with Crippen molar-refractivity contribution in [3.8, 4) is 0 Å². The highest BCUT2D eigenvalue weighted by molar-refractivity contribution is 9.09. The van der Waals surface area contributed by atoms with Gasteiger partial charge >= 0.3 is 0 Å². The first kappa shape index (κ1) is 22.9. The van der Waals surface area contributed by atoms with E-state index in [4.69, 9.17) is 0 Å². The highest BCUT2D eigenvalue weighted by atomic mass is 79.9. The lowest BCUT2D eigenvalue weighted by atomic mass is 9.58. The van der Waals surface area contributed by atoms with E-state index in [0.717, 1.165) is 18.4 Å². The Kier molecular flexibility index (Phi) is 6.70. The molecule has 1 unspecified atom stereocenters. The summed E-state index contributed by atoms with van der Waals surface area (Å²) in [6, 6.07) is 0. The van der Waals surface area contributed by atoms with Crippen LogP contribution in [0.4, 0.5) is 0 Å². The molecule has 0 radical (unpaired) electrons. The minimum Gasteiger partial charge on any atom is -0.396 e. The number of aliphatic hydroxyl groups excluding tert-OH is 1. The Morgan fingerprint density at radius 2 is 2.07 bits per heavy atom. The average Bonchev–Trinajstić information content (AvgIpc) is 2.87. The predicted octanol–water partition coefficient (Wildman–Crippen LogP) is 3.88. The summed E-state index contributed by atoms with van der Waals surface area (Å²) in [5, 5.41) is 20.3. The van der Waals surface area contributed by atoms with Gasteiger partial charge in [-0.1, -0.05) is 52.9 Å². The van der Waals surface area contributed by atoms with Crippen LogP contribution in [0.15, 0.2) is 59.3 Å². The number of allylic oxidation sites excluding steroid dienone is 4. The van der Waals surface area contributed by atoms with Gasteiger partial charge in [0.25, 0.3) is 11.8 Å². The summed E-state index contributed by atoms with van der Waals surface area (Å²) in [5.74, 6) is -0.684. The number of alkyl halides is 1. The molecule has 30 heavy (non-hydrogen) atoms. The summed E-state index contributed by atoms with van der Waals surface area (Å²) in [5.41, 5.74) is 0.300. The van der Waals surface area contributed by atoms with Crippen LogP contribution in [0.1, 0.15) is 52.4 Å². The molecule has 1 heterocycles. The molecule has 162 valence electrons. The van der Waals surface area contributed by atoms with Crippen molar-refractivity contribution in [2.45, 2.75) is 68.3 Å².